The molecule has 0 saturated carbocycles. The largest absolute Gasteiger partial charge is 0.306 e. The van der Waals surface area contributed by atoms with Gasteiger partial charge in [-0.2, -0.15) is 11.8 Å². The number of aryl methyl sites for hydroxylation is 1. The number of thiophene rings is 1. The average Bonchev–Trinajstić information content (AvgIpc) is 2.91. The third-order valence-electron chi connectivity index (χ3n) is 3.62. The predicted octanol–water partition coefficient (Wildman–Crippen LogP) is 4.51. The van der Waals surface area contributed by atoms with Gasteiger partial charge in [0.05, 0.1) is 6.04 Å². The van der Waals surface area contributed by atoms with Gasteiger partial charge in [-0.25, -0.2) is 8.78 Å². The fourth-order valence-electron chi connectivity index (χ4n) is 2.59. The van der Waals surface area contributed by atoms with E-state index >= 15 is 0 Å². The van der Waals surface area contributed by atoms with Crippen molar-refractivity contribution in [3.05, 3.63) is 56.8 Å². The molecule has 0 spiro atoms. The topological polar surface area (TPSA) is 12.0 Å². The first-order valence-corrected chi connectivity index (χ1v) is 9.03. The third-order valence-corrected chi connectivity index (χ3v) is 5.93. The van der Waals surface area contributed by atoms with Crippen LogP contribution in [0.2, 0.25) is 0 Å². The van der Waals surface area contributed by atoms with E-state index in [1.807, 2.05) is 18.7 Å². The molecule has 112 valence electrons. The van der Waals surface area contributed by atoms with E-state index in [1.54, 1.807) is 17.4 Å². The zero-order valence-electron chi connectivity index (χ0n) is 11.8. The molecule has 1 N–H and O–H groups in total. The van der Waals surface area contributed by atoms with Gasteiger partial charge in [-0.3, -0.25) is 0 Å². The first kappa shape index (κ1) is 15.0. The lowest BCUT2D eigenvalue weighted by molar-refractivity contribution is 0.504. The van der Waals surface area contributed by atoms with Gasteiger partial charge < -0.3 is 5.32 Å². The smallest absolute Gasteiger partial charge is 0.159 e. The van der Waals surface area contributed by atoms with Crippen molar-refractivity contribution in [3.8, 4) is 0 Å². The lowest BCUT2D eigenvalue weighted by Crippen LogP contribution is -2.21. The van der Waals surface area contributed by atoms with E-state index in [9.17, 15) is 8.78 Å². The summed E-state index contributed by atoms with van der Waals surface area (Å²) in [5.74, 6) is 0.648. The third kappa shape index (κ3) is 3.15. The molecule has 2 aromatic rings. The van der Waals surface area contributed by atoms with Crippen LogP contribution in [0.4, 0.5) is 8.78 Å². The molecular formula is C16H17F2NS2. The van der Waals surface area contributed by atoms with Crippen LogP contribution in [-0.2, 0) is 12.2 Å². The highest BCUT2D eigenvalue weighted by molar-refractivity contribution is 7.98. The fourth-order valence-corrected chi connectivity index (χ4v) is 5.07. The van der Waals surface area contributed by atoms with Gasteiger partial charge in [0, 0.05) is 15.5 Å². The maximum Gasteiger partial charge on any atom is 0.159 e. The van der Waals surface area contributed by atoms with Gasteiger partial charge in [-0.1, -0.05) is 13.0 Å². The average molecular weight is 325 g/mol. The Morgan fingerprint density at radius 2 is 2.10 bits per heavy atom. The summed E-state index contributed by atoms with van der Waals surface area (Å²) in [6.45, 7) is 2.80. The van der Waals surface area contributed by atoms with Crippen molar-refractivity contribution >= 4 is 23.1 Å². The zero-order chi connectivity index (χ0) is 14.8. The summed E-state index contributed by atoms with van der Waals surface area (Å²) in [4.78, 5) is 2.63. The molecule has 2 heterocycles. The molecule has 1 nitrogen and oxygen atoms in total. The maximum atomic E-state index is 13.5. The highest BCUT2D eigenvalue weighted by atomic mass is 32.2. The Labute approximate surface area is 131 Å². The Hall–Kier alpha value is -0.910. The van der Waals surface area contributed by atoms with Crippen LogP contribution in [0.15, 0.2) is 24.3 Å². The number of rotatable bonds is 4. The van der Waals surface area contributed by atoms with Crippen molar-refractivity contribution < 1.29 is 8.78 Å². The van der Waals surface area contributed by atoms with E-state index in [0.717, 1.165) is 24.3 Å². The number of halogens is 2. The lowest BCUT2D eigenvalue weighted by Gasteiger charge is -2.17. The Balaban J connectivity index is 1.96. The SMILES string of the molecule is CCNC(c1ccc(F)c(F)c1)c1cc2c(s1)CCSC2. The molecule has 21 heavy (non-hydrogen) atoms. The summed E-state index contributed by atoms with van der Waals surface area (Å²) in [5, 5.41) is 3.39. The van der Waals surface area contributed by atoms with Gasteiger partial charge in [0.25, 0.3) is 0 Å². The monoisotopic (exact) mass is 325 g/mol. The molecule has 0 saturated heterocycles. The van der Waals surface area contributed by atoms with Gasteiger partial charge in [0.15, 0.2) is 11.6 Å². The van der Waals surface area contributed by atoms with Crippen LogP contribution in [0.5, 0.6) is 0 Å². The second-order valence-corrected chi connectivity index (χ2v) is 7.34. The molecule has 0 aliphatic carbocycles. The van der Waals surface area contributed by atoms with E-state index in [-0.39, 0.29) is 6.04 Å². The number of nitrogens with one attached hydrogen (secondary N) is 1. The highest BCUT2D eigenvalue weighted by Gasteiger charge is 2.21. The van der Waals surface area contributed by atoms with Gasteiger partial charge in [0.1, 0.15) is 0 Å². The number of benzene rings is 1. The van der Waals surface area contributed by atoms with E-state index in [4.69, 9.17) is 0 Å². The maximum absolute atomic E-state index is 13.5. The van der Waals surface area contributed by atoms with E-state index < -0.39 is 11.6 Å². The molecule has 1 unspecified atom stereocenters. The molecule has 1 aliphatic heterocycles. The molecule has 0 bridgehead atoms. The van der Waals surface area contributed by atoms with Gasteiger partial charge in [0.2, 0.25) is 0 Å². The molecule has 1 aliphatic rings. The first-order chi connectivity index (χ1) is 10.2. The summed E-state index contributed by atoms with van der Waals surface area (Å²) in [5.41, 5.74) is 2.18. The number of thioether (sulfide) groups is 1. The lowest BCUT2D eigenvalue weighted by atomic mass is 10.0. The zero-order valence-corrected chi connectivity index (χ0v) is 13.4. The fraction of sp³-hybridized carbons (Fsp3) is 0.375. The molecule has 3 rings (SSSR count). The minimum absolute atomic E-state index is 0.0642. The normalized spacial score (nSPS) is 15.8. The summed E-state index contributed by atoms with van der Waals surface area (Å²) in [7, 11) is 0. The van der Waals surface area contributed by atoms with Gasteiger partial charge in [-0.05, 0) is 48.0 Å². The predicted molar refractivity (Wildman–Crippen MR) is 86.1 cm³/mol. The molecule has 1 atom stereocenters. The number of hydrogen-bond donors (Lipinski definition) is 1. The molecule has 1 aromatic carbocycles. The Morgan fingerprint density at radius 3 is 2.81 bits per heavy atom. The Bertz CT molecular complexity index is 616. The summed E-state index contributed by atoms with van der Waals surface area (Å²) < 4.78 is 26.7. The van der Waals surface area contributed by atoms with E-state index in [0.29, 0.717) is 0 Å². The van der Waals surface area contributed by atoms with Crippen LogP contribution in [0.3, 0.4) is 0 Å². The molecule has 0 amide bonds. The minimum atomic E-state index is -0.795. The van der Waals surface area contributed by atoms with Crippen molar-refractivity contribution in [1.29, 1.82) is 0 Å². The van der Waals surface area contributed by atoms with Crippen molar-refractivity contribution in [2.45, 2.75) is 25.1 Å². The molecule has 0 radical (unpaired) electrons. The highest BCUT2D eigenvalue weighted by Crippen LogP contribution is 2.36. The summed E-state index contributed by atoms with van der Waals surface area (Å²) in [6.07, 6.45) is 1.11. The number of fused-ring (bicyclic) bond motifs is 1. The van der Waals surface area contributed by atoms with Crippen molar-refractivity contribution in [1.82, 2.24) is 5.32 Å². The Morgan fingerprint density at radius 1 is 1.24 bits per heavy atom. The van der Waals surface area contributed by atoms with Crippen LogP contribution < -0.4 is 5.32 Å². The quantitative estimate of drug-likeness (QED) is 0.887. The van der Waals surface area contributed by atoms with Gasteiger partial charge in [-0.15, -0.1) is 11.3 Å². The first-order valence-electron chi connectivity index (χ1n) is 7.06. The molecule has 1 aromatic heterocycles. The van der Waals surface area contributed by atoms with Crippen LogP contribution in [0, 0.1) is 11.6 Å². The number of hydrogen-bond acceptors (Lipinski definition) is 3. The standard InChI is InChI=1S/C16H17F2NS2/c1-2-19-16(10-3-4-12(17)13(18)7-10)15-8-11-9-20-6-5-14(11)21-15/h3-4,7-8,16,19H,2,5-6,9H2,1H3. The Kier molecular flexibility index (Phi) is 4.62. The van der Waals surface area contributed by atoms with Crippen LogP contribution in [0.25, 0.3) is 0 Å². The van der Waals surface area contributed by atoms with Crippen molar-refractivity contribution in [3.63, 3.8) is 0 Å². The van der Waals surface area contributed by atoms with Crippen LogP contribution >= 0.6 is 23.1 Å². The van der Waals surface area contributed by atoms with Crippen LogP contribution in [-0.4, -0.2) is 12.3 Å². The van der Waals surface area contributed by atoms with Gasteiger partial charge >= 0.3 is 0 Å². The molecule has 0 fully saturated rings. The molecular weight excluding hydrogens is 308 g/mol. The van der Waals surface area contributed by atoms with Crippen molar-refractivity contribution in [2.24, 2.45) is 0 Å². The summed E-state index contributed by atoms with van der Waals surface area (Å²) in [6, 6.07) is 6.33. The summed E-state index contributed by atoms with van der Waals surface area (Å²) >= 11 is 3.75. The van der Waals surface area contributed by atoms with E-state index in [1.165, 1.54) is 33.2 Å². The second-order valence-electron chi connectivity index (χ2n) is 5.06. The molecule has 5 heteroatoms. The van der Waals surface area contributed by atoms with Crippen molar-refractivity contribution in [2.75, 3.05) is 12.3 Å². The van der Waals surface area contributed by atoms with E-state index in [2.05, 4.69) is 11.4 Å². The minimum Gasteiger partial charge on any atom is -0.306 e. The van der Waals surface area contributed by atoms with Crippen LogP contribution in [0.1, 0.15) is 33.8 Å². The second kappa shape index (κ2) is 6.46.